The first-order valence-corrected chi connectivity index (χ1v) is 9.61. The second-order valence-electron chi connectivity index (χ2n) is 6.91. The number of aromatic nitrogens is 2. The molecule has 0 saturated heterocycles. The second kappa shape index (κ2) is 9.68. The highest BCUT2D eigenvalue weighted by Gasteiger charge is 2.12. The number of carbonyl (C=O) groups is 1. The zero-order valence-corrected chi connectivity index (χ0v) is 16.7. The van der Waals surface area contributed by atoms with Crippen LogP contribution < -0.4 is 15.6 Å². The lowest BCUT2D eigenvalue weighted by molar-refractivity contribution is -0.122. The van der Waals surface area contributed by atoms with Crippen molar-refractivity contribution in [3.63, 3.8) is 0 Å². The van der Waals surface area contributed by atoms with Gasteiger partial charge in [-0.05, 0) is 43.5 Å². The van der Waals surface area contributed by atoms with Gasteiger partial charge in [-0.25, -0.2) is 4.68 Å². The second-order valence-corrected chi connectivity index (χ2v) is 6.91. The van der Waals surface area contributed by atoms with Gasteiger partial charge in [-0.1, -0.05) is 42.5 Å². The molecule has 0 bridgehead atoms. The summed E-state index contributed by atoms with van der Waals surface area (Å²) in [5, 5.41) is 7.30. The maximum Gasteiger partial charge on any atom is 0.267 e. The van der Waals surface area contributed by atoms with Crippen molar-refractivity contribution in [2.24, 2.45) is 0 Å². The topological polar surface area (TPSA) is 73.2 Å². The van der Waals surface area contributed by atoms with Crippen LogP contribution in [0, 0.1) is 0 Å². The number of amides is 1. The minimum Gasteiger partial charge on any atom is -0.496 e. The molecule has 0 aliphatic carbocycles. The number of hydrogen-bond donors (Lipinski definition) is 1. The number of para-hydroxylation sites is 1. The van der Waals surface area contributed by atoms with Crippen molar-refractivity contribution in [2.75, 3.05) is 7.11 Å². The van der Waals surface area contributed by atoms with Crippen LogP contribution in [-0.4, -0.2) is 28.8 Å². The van der Waals surface area contributed by atoms with Crippen molar-refractivity contribution in [1.29, 1.82) is 0 Å². The number of methoxy groups -OCH3 is 1. The number of rotatable bonds is 8. The number of ether oxygens (including phenoxy) is 1. The summed E-state index contributed by atoms with van der Waals surface area (Å²) >= 11 is 0. The molecule has 6 nitrogen and oxygen atoms in total. The first kappa shape index (κ1) is 20.3. The Balaban J connectivity index is 1.65. The average molecular weight is 391 g/mol. The fourth-order valence-electron chi connectivity index (χ4n) is 3.12. The van der Waals surface area contributed by atoms with Crippen LogP contribution >= 0.6 is 0 Å². The van der Waals surface area contributed by atoms with Crippen LogP contribution in [0.1, 0.15) is 18.9 Å². The number of hydrogen-bond acceptors (Lipinski definition) is 4. The summed E-state index contributed by atoms with van der Waals surface area (Å²) in [6.45, 7) is 1.83. The van der Waals surface area contributed by atoms with Crippen molar-refractivity contribution >= 4 is 5.91 Å². The van der Waals surface area contributed by atoms with Gasteiger partial charge >= 0.3 is 0 Å². The summed E-state index contributed by atoms with van der Waals surface area (Å²) in [4.78, 5) is 24.6. The van der Waals surface area contributed by atoms with E-state index in [1.807, 2.05) is 49.4 Å². The molecule has 0 radical (unpaired) electrons. The molecule has 1 N–H and O–H groups in total. The molecular formula is C23H25N3O3. The van der Waals surface area contributed by atoms with Crippen LogP contribution in [-0.2, 0) is 17.8 Å². The molecule has 1 aromatic heterocycles. The number of benzene rings is 2. The molecule has 0 aliphatic rings. The Labute approximate surface area is 170 Å². The minimum absolute atomic E-state index is 0.00388. The summed E-state index contributed by atoms with van der Waals surface area (Å²) in [5.41, 5.74) is 2.25. The molecule has 0 unspecified atom stereocenters. The van der Waals surface area contributed by atoms with E-state index in [0.717, 1.165) is 18.4 Å². The Morgan fingerprint density at radius 3 is 2.55 bits per heavy atom. The Morgan fingerprint density at radius 1 is 1.07 bits per heavy atom. The lowest BCUT2D eigenvalue weighted by atomic mass is 10.1. The van der Waals surface area contributed by atoms with E-state index in [0.29, 0.717) is 11.4 Å². The molecule has 3 aromatic rings. The monoisotopic (exact) mass is 391 g/mol. The fraction of sp³-hybridized carbons (Fsp3) is 0.261. The van der Waals surface area contributed by atoms with Crippen LogP contribution in [0.2, 0.25) is 0 Å². The van der Waals surface area contributed by atoms with E-state index < -0.39 is 0 Å². The predicted molar refractivity (Wildman–Crippen MR) is 113 cm³/mol. The third kappa shape index (κ3) is 5.54. The minimum atomic E-state index is -0.323. The summed E-state index contributed by atoms with van der Waals surface area (Å²) in [6.07, 6.45) is 1.70. The van der Waals surface area contributed by atoms with Gasteiger partial charge in [0.15, 0.2) is 0 Å². The first-order valence-electron chi connectivity index (χ1n) is 9.61. The van der Waals surface area contributed by atoms with Crippen LogP contribution in [0.3, 0.4) is 0 Å². The van der Waals surface area contributed by atoms with E-state index in [-0.39, 0.29) is 24.1 Å². The van der Waals surface area contributed by atoms with Crippen LogP contribution in [0.4, 0.5) is 0 Å². The maximum atomic E-state index is 12.4. The zero-order valence-electron chi connectivity index (χ0n) is 16.7. The summed E-state index contributed by atoms with van der Waals surface area (Å²) in [7, 11) is 1.58. The molecule has 150 valence electrons. The lowest BCUT2D eigenvalue weighted by Gasteiger charge is -2.15. The van der Waals surface area contributed by atoms with Gasteiger partial charge in [-0.3, -0.25) is 9.59 Å². The van der Waals surface area contributed by atoms with Crippen LogP contribution in [0.25, 0.3) is 11.3 Å². The number of carbonyl (C=O) groups excluding carboxylic acids is 1. The van der Waals surface area contributed by atoms with Gasteiger partial charge in [-0.2, -0.15) is 5.10 Å². The molecule has 0 aliphatic heterocycles. The standard InChI is InChI=1S/C23H25N3O3/c1-17(12-13-18-8-4-3-5-9-18)24-22(27)16-26-23(28)15-14-20(25-26)19-10-6-7-11-21(19)29-2/h3-11,14-15,17H,12-13,16H2,1-2H3,(H,24,27)/t17-/m0/s1. The smallest absolute Gasteiger partial charge is 0.267 e. The highest BCUT2D eigenvalue weighted by Crippen LogP contribution is 2.27. The SMILES string of the molecule is COc1ccccc1-c1ccc(=O)n(CC(=O)N[C@@H](C)CCc2ccccc2)n1. The van der Waals surface area contributed by atoms with Gasteiger partial charge < -0.3 is 10.1 Å². The van der Waals surface area contributed by atoms with Gasteiger partial charge in [0.25, 0.3) is 5.56 Å². The summed E-state index contributed by atoms with van der Waals surface area (Å²) in [6, 6.07) is 20.6. The average Bonchev–Trinajstić information content (AvgIpc) is 2.74. The van der Waals surface area contributed by atoms with Crippen molar-refractivity contribution < 1.29 is 9.53 Å². The Kier molecular flexibility index (Phi) is 6.79. The number of aryl methyl sites for hydroxylation is 1. The van der Waals surface area contributed by atoms with Crippen LogP contribution in [0.5, 0.6) is 5.75 Å². The van der Waals surface area contributed by atoms with Gasteiger partial charge in [0.05, 0.1) is 12.8 Å². The van der Waals surface area contributed by atoms with E-state index >= 15 is 0 Å². The molecule has 0 spiro atoms. The highest BCUT2D eigenvalue weighted by molar-refractivity contribution is 5.76. The van der Waals surface area contributed by atoms with Gasteiger partial charge in [-0.15, -0.1) is 0 Å². The molecule has 0 fully saturated rings. The number of nitrogens with zero attached hydrogens (tertiary/aromatic N) is 2. The van der Waals surface area contributed by atoms with Crippen LogP contribution in [0.15, 0.2) is 71.5 Å². The fourth-order valence-corrected chi connectivity index (χ4v) is 3.12. The predicted octanol–water partition coefficient (Wildman–Crippen LogP) is 3.06. The van der Waals surface area contributed by atoms with E-state index in [1.165, 1.54) is 16.3 Å². The van der Waals surface area contributed by atoms with Crippen molar-refractivity contribution in [1.82, 2.24) is 15.1 Å². The molecule has 1 heterocycles. The van der Waals surface area contributed by atoms with Crippen molar-refractivity contribution in [3.8, 4) is 17.0 Å². The van der Waals surface area contributed by atoms with E-state index in [2.05, 4.69) is 22.5 Å². The Bertz CT molecular complexity index is 1020. The highest BCUT2D eigenvalue weighted by atomic mass is 16.5. The molecule has 2 aromatic carbocycles. The molecule has 3 rings (SSSR count). The molecular weight excluding hydrogens is 366 g/mol. The third-order valence-electron chi connectivity index (χ3n) is 4.66. The molecule has 1 amide bonds. The van der Waals surface area contributed by atoms with Crippen molar-refractivity contribution in [2.45, 2.75) is 32.4 Å². The van der Waals surface area contributed by atoms with Gasteiger partial charge in [0, 0.05) is 17.7 Å². The number of nitrogens with one attached hydrogen (secondary N) is 1. The van der Waals surface area contributed by atoms with Gasteiger partial charge in [0.1, 0.15) is 12.3 Å². The molecule has 1 atom stereocenters. The normalized spacial score (nSPS) is 11.7. The van der Waals surface area contributed by atoms with E-state index in [4.69, 9.17) is 4.74 Å². The quantitative estimate of drug-likeness (QED) is 0.641. The van der Waals surface area contributed by atoms with E-state index in [9.17, 15) is 9.59 Å². The lowest BCUT2D eigenvalue weighted by Crippen LogP contribution is -2.38. The Morgan fingerprint density at radius 2 is 1.79 bits per heavy atom. The zero-order chi connectivity index (χ0) is 20.6. The first-order chi connectivity index (χ1) is 14.1. The van der Waals surface area contributed by atoms with Gasteiger partial charge in [0.2, 0.25) is 5.91 Å². The molecule has 0 saturated carbocycles. The van der Waals surface area contributed by atoms with E-state index in [1.54, 1.807) is 13.2 Å². The molecule has 29 heavy (non-hydrogen) atoms. The van der Waals surface area contributed by atoms with Crippen molar-refractivity contribution in [3.05, 3.63) is 82.6 Å². The third-order valence-corrected chi connectivity index (χ3v) is 4.66. The summed E-state index contributed by atoms with van der Waals surface area (Å²) in [5.74, 6) is 0.418. The Hall–Kier alpha value is -3.41. The maximum absolute atomic E-state index is 12.4. The molecule has 6 heteroatoms. The largest absolute Gasteiger partial charge is 0.496 e. The summed E-state index contributed by atoms with van der Waals surface area (Å²) < 4.78 is 6.54.